The molecule has 0 spiro atoms. The SMILES string of the molecule is O=C1C(=CC2=Cc3ccccc3OC2)SC(=S)N1CCO. The van der Waals surface area contributed by atoms with Crippen LogP contribution in [0.25, 0.3) is 6.08 Å². The fourth-order valence-electron chi connectivity index (χ4n) is 2.18. The van der Waals surface area contributed by atoms with Crippen molar-refractivity contribution in [1.29, 1.82) is 0 Å². The van der Waals surface area contributed by atoms with E-state index in [1.165, 1.54) is 16.7 Å². The molecule has 3 rings (SSSR count). The second kappa shape index (κ2) is 6.01. The van der Waals surface area contributed by atoms with E-state index >= 15 is 0 Å². The quantitative estimate of drug-likeness (QED) is 0.684. The number of β-amino-alcohol motifs (C(OH)–C–C–N with tert-alkyl or cyclic N) is 1. The van der Waals surface area contributed by atoms with Crippen LogP contribution in [-0.4, -0.2) is 40.0 Å². The third kappa shape index (κ3) is 2.88. The molecule has 1 fully saturated rings. The summed E-state index contributed by atoms with van der Waals surface area (Å²) < 4.78 is 6.15. The zero-order valence-corrected chi connectivity index (χ0v) is 12.7. The van der Waals surface area contributed by atoms with Crippen molar-refractivity contribution < 1.29 is 14.6 Å². The monoisotopic (exact) mass is 319 g/mol. The molecule has 1 amide bonds. The number of hydrogen-bond donors (Lipinski definition) is 1. The molecule has 1 saturated heterocycles. The van der Waals surface area contributed by atoms with Crippen LogP contribution < -0.4 is 4.74 Å². The Morgan fingerprint density at radius 2 is 2.24 bits per heavy atom. The minimum Gasteiger partial charge on any atom is -0.488 e. The zero-order valence-electron chi connectivity index (χ0n) is 11.1. The number of carbonyl (C=O) groups is 1. The van der Waals surface area contributed by atoms with Gasteiger partial charge in [-0.1, -0.05) is 42.2 Å². The van der Waals surface area contributed by atoms with E-state index in [2.05, 4.69) is 0 Å². The van der Waals surface area contributed by atoms with Gasteiger partial charge in [-0.05, 0) is 23.8 Å². The smallest absolute Gasteiger partial charge is 0.266 e. The van der Waals surface area contributed by atoms with Gasteiger partial charge in [-0.3, -0.25) is 9.69 Å². The maximum Gasteiger partial charge on any atom is 0.266 e. The number of fused-ring (bicyclic) bond motifs is 1. The molecule has 6 heteroatoms. The largest absolute Gasteiger partial charge is 0.488 e. The molecule has 1 N–H and O–H groups in total. The number of thiocarbonyl (C=S) groups is 1. The summed E-state index contributed by atoms with van der Waals surface area (Å²) >= 11 is 6.41. The van der Waals surface area contributed by atoms with Gasteiger partial charge in [-0.25, -0.2) is 0 Å². The van der Waals surface area contributed by atoms with Gasteiger partial charge in [-0.2, -0.15) is 0 Å². The van der Waals surface area contributed by atoms with Crippen molar-refractivity contribution in [3.05, 3.63) is 46.4 Å². The summed E-state index contributed by atoms with van der Waals surface area (Å²) in [4.78, 5) is 14.2. The fourth-order valence-corrected chi connectivity index (χ4v) is 3.50. The van der Waals surface area contributed by atoms with Gasteiger partial charge in [0.2, 0.25) is 0 Å². The summed E-state index contributed by atoms with van der Waals surface area (Å²) in [7, 11) is 0. The van der Waals surface area contributed by atoms with E-state index in [0.717, 1.165) is 16.9 Å². The zero-order chi connectivity index (χ0) is 14.8. The molecule has 0 atom stereocenters. The van der Waals surface area contributed by atoms with Crippen molar-refractivity contribution in [3.63, 3.8) is 0 Å². The Hall–Kier alpha value is -1.63. The number of amides is 1. The van der Waals surface area contributed by atoms with E-state index in [9.17, 15) is 4.79 Å². The van der Waals surface area contributed by atoms with E-state index in [4.69, 9.17) is 22.1 Å². The third-order valence-electron chi connectivity index (χ3n) is 3.17. The summed E-state index contributed by atoms with van der Waals surface area (Å²) in [5.74, 6) is 0.696. The molecule has 0 aromatic heterocycles. The Morgan fingerprint density at radius 1 is 1.43 bits per heavy atom. The van der Waals surface area contributed by atoms with Crippen LogP contribution in [0.3, 0.4) is 0 Å². The topological polar surface area (TPSA) is 49.8 Å². The highest BCUT2D eigenvalue weighted by atomic mass is 32.2. The van der Waals surface area contributed by atoms with Crippen molar-refractivity contribution in [3.8, 4) is 5.75 Å². The lowest BCUT2D eigenvalue weighted by Gasteiger charge is -2.16. The van der Waals surface area contributed by atoms with Crippen molar-refractivity contribution in [1.82, 2.24) is 4.90 Å². The molecule has 1 aromatic rings. The van der Waals surface area contributed by atoms with Crippen LogP contribution in [0.4, 0.5) is 0 Å². The summed E-state index contributed by atoms with van der Waals surface area (Å²) in [5, 5.41) is 8.97. The predicted octanol–water partition coefficient (Wildman–Crippen LogP) is 2.20. The summed E-state index contributed by atoms with van der Waals surface area (Å²) in [6.45, 7) is 0.570. The molecule has 0 saturated carbocycles. The van der Waals surface area contributed by atoms with Crippen LogP contribution in [0.1, 0.15) is 5.56 Å². The molecular weight excluding hydrogens is 306 g/mol. The van der Waals surface area contributed by atoms with Gasteiger partial charge in [0, 0.05) is 5.56 Å². The lowest BCUT2D eigenvalue weighted by atomic mass is 10.1. The molecule has 2 aliphatic heterocycles. The summed E-state index contributed by atoms with van der Waals surface area (Å²) in [6, 6.07) is 7.77. The van der Waals surface area contributed by atoms with Crippen molar-refractivity contribution >= 4 is 40.3 Å². The first-order valence-corrected chi connectivity index (χ1v) is 7.70. The number of carbonyl (C=O) groups excluding carboxylic acids is 1. The summed E-state index contributed by atoms with van der Waals surface area (Å²) in [5.41, 5.74) is 1.93. The van der Waals surface area contributed by atoms with Crippen molar-refractivity contribution in [2.75, 3.05) is 19.8 Å². The van der Waals surface area contributed by atoms with Gasteiger partial charge in [0.05, 0.1) is 18.1 Å². The van der Waals surface area contributed by atoms with E-state index in [-0.39, 0.29) is 19.1 Å². The van der Waals surface area contributed by atoms with Crippen LogP contribution in [0.2, 0.25) is 0 Å². The molecule has 0 aliphatic carbocycles. The van der Waals surface area contributed by atoms with Gasteiger partial charge in [0.1, 0.15) is 16.7 Å². The molecule has 2 heterocycles. The second-order valence-electron chi connectivity index (χ2n) is 4.60. The number of benzene rings is 1. The van der Waals surface area contributed by atoms with Crippen LogP contribution in [0.5, 0.6) is 5.75 Å². The van der Waals surface area contributed by atoms with Crippen molar-refractivity contribution in [2.45, 2.75) is 0 Å². The van der Waals surface area contributed by atoms with Gasteiger partial charge in [0.25, 0.3) is 5.91 Å². The van der Waals surface area contributed by atoms with Crippen molar-refractivity contribution in [2.24, 2.45) is 0 Å². The van der Waals surface area contributed by atoms with Gasteiger partial charge < -0.3 is 9.84 Å². The highest BCUT2D eigenvalue weighted by Crippen LogP contribution is 2.33. The van der Waals surface area contributed by atoms with Crippen LogP contribution in [0, 0.1) is 0 Å². The minimum atomic E-state index is -0.154. The number of nitrogens with zero attached hydrogens (tertiary/aromatic N) is 1. The van der Waals surface area contributed by atoms with E-state index < -0.39 is 0 Å². The summed E-state index contributed by atoms with van der Waals surface area (Å²) in [6.07, 6.45) is 3.82. The normalized spacial score (nSPS) is 19.6. The molecule has 1 aromatic carbocycles. The molecule has 4 nitrogen and oxygen atoms in total. The van der Waals surface area contributed by atoms with Crippen LogP contribution in [-0.2, 0) is 4.79 Å². The average molecular weight is 319 g/mol. The third-order valence-corrected chi connectivity index (χ3v) is 4.55. The standard InChI is InChI=1S/C15H13NO3S2/c17-6-5-16-14(18)13(21-15(16)20)8-10-7-11-3-1-2-4-12(11)19-9-10/h1-4,7-8,17H,5-6,9H2. The molecule has 0 unspecified atom stereocenters. The van der Waals surface area contributed by atoms with E-state index in [0.29, 0.717) is 15.8 Å². The lowest BCUT2D eigenvalue weighted by molar-refractivity contribution is -0.122. The first-order valence-electron chi connectivity index (χ1n) is 6.47. The average Bonchev–Trinajstić information content (AvgIpc) is 2.75. The van der Waals surface area contributed by atoms with Crippen LogP contribution in [0.15, 0.2) is 40.8 Å². The fraction of sp³-hybridized carbons (Fsp3) is 0.200. The number of hydrogen-bond acceptors (Lipinski definition) is 5. The molecule has 0 radical (unpaired) electrons. The first-order chi connectivity index (χ1) is 10.2. The number of ether oxygens (including phenoxy) is 1. The molecule has 21 heavy (non-hydrogen) atoms. The highest BCUT2D eigenvalue weighted by molar-refractivity contribution is 8.26. The molecule has 2 aliphatic rings. The van der Waals surface area contributed by atoms with E-state index in [1.54, 1.807) is 0 Å². The second-order valence-corrected chi connectivity index (χ2v) is 6.28. The minimum absolute atomic E-state index is 0.0983. The Morgan fingerprint density at radius 3 is 3.05 bits per heavy atom. The number of para-hydroxylation sites is 1. The molecule has 108 valence electrons. The molecular formula is C15H13NO3S2. The number of thioether (sulfide) groups is 1. The van der Waals surface area contributed by atoms with Gasteiger partial charge >= 0.3 is 0 Å². The Bertz CT molecular complexity index is 667. The van der Waals surface area contributed by atoms with Gasteiger partial charge in [-0.15, -0.1) is 0 Å². The maximum absolute atomic E-state index is 12.2. The first kappa shape index (κ1) is 14.3. The Labute approximate surface area is 132 Å². The Kier molecular flexibility index (Phi) is 4.10. The number of aliphatic hydroxyl groups is 1. The lowest BCUT2D eigenvalue weighted by Crippen LogP contribution is -2.30. The number of aliphatic hydroxyl groups excluding tert-OH is 1. The number of rotatable bonds is 3. The Balaban J connectivity index is 1.85. The molecule has 0 bridgehead atoms. The predicted molar refractivity (Wildman–Crippen MR) is 87.0 cm³/mol. The van der Waals surface area contributed by atoms with Crippen LogP contribution >= 0.6 is 24.0 Å². The van der Waals surface area contributed by atoms with Gasteiger partial charge in [0.15, 0.2) is 0 Å². The highest BCUT2D eigenvalue weighted by Gasteiger charge is 2.31. The maximum atomic E-state index is 12.2. The van der Waals surface area contributed by atoms with E-state index in [1.807, 2.05) is 36.4 Å².